The molecule has 0 spiro atoms. The summed E-state index contributed by atoms with van der Waals surface area (Å²) in [6, 6.07) is 11.1. The third-order valence-electron chi connectivity index (χ3n) is 9.70. The van der Waals surface area contributed by atoms with Crippen LogP contribution in [0.3, 0.4) is 0 Å². The van der Waals surface area contributed by atoms with Gasteiger partial charge in [-0.15, -0.1) is 0 Å². The van der Waals surface area contributed by atoms with E-state index in [-0.39, 0.29) is 11.8 Å². The summed E-state index contributed by atoms with van der Waals surface area (Å²) < 4.78 is 7.45. The molecule has 0 radical (unpaired) electrons. The monoisotopic (exact) mass is 556 g/mol. The minimum atomic E-state index is 0.102. The molecule has 6 nitrogen and oxygen atoms in total. The highest BCUT2D eigenvalue weighted by Crippen LogP contribution is 2.39. The number of hydrogen-bond acceptors (Lipinski definition) is 4. The summed E-state index contributed by atoms with van der Waals surface area (Å²) in [5.41, 5.74) is 4.74. The van der Waals surface area contributed by atoms with Gasteiger partial charge < -0.3 is 4.74 Å². The van der Waals surface area contributed by atoms with Gasteiger partial charge in [0.2, 0.25) is 5.91 Å². The van der Waals surface area contributed by atoms with Gasteiger partial charge in [0.1, 0.15) is 11.6 Å². The summed E-state index contributed by atoms with van der Waals surface area (Å²) in [6.07, 6.45) is 16.0. The van der Waals surface area contributed by atoms with E-state index in [2.05, 4.69) is 68.2 Å². The first-order valence-electron chi connectivity index (χ1n) is 15.8. The van der Waals surface area contributed by atoms with Crippen molar-refractivity contribution in [3.8, 4) is 16.9 Å². The highest BCUT2D eigenvalue weighted by molar-refractivity contribution is 5.94. The lowest BCUT2D eigenvalue weighted by Gasteiger charge is -2.35. The van der Waals surface area contributed by atoms with E-state index in [0.29, 0.717) is 17.9 Å². The first-order valence-corrected chi connectivity index (χ1v) is 15.8. The van der Waals surface area contributed by atoms with Crippen LogP contribution in [0.5, 0.6) is 5.75 Å². The fraction of sp³-hybridized carbons (Fsp3) is 0.571. The third kappa shape index (κ3) is 6.85. The van der Waals surface area contributed by atoms with Gasteiger partial charge >= 0.3 is 0 Å². The molecule has 1 amide bonds. The van der Waals surface area contributed by atoms with E-state index in [1.54, 1.807) is 7.11 Å². The van der Waals surface area contributed by atoms with Crippen molar-refractivity contribution >= 4 is 11.7 Å². The van der Waals surface area contributed by atoms with Crippen LogP contribution in [-0.2, 0) is 4.79 Å². The van der Waals surface area contributed by atoms with E-state index in [4.69, 9.17) is 9.72 Å². The molecule has 3 aromatic rings. The molecule has 0 aliphatic heterocycles. The predicted octanol–water partition coefficient (Wildman–Crippen LogP) is 8.37. The summed E-state index contributed by atoms with van der Waals surface area (Å²) in [4.78, 5) is 21.0. The molecule has 2 fully saturated rings. The molecule has 0 unspecified atom stereocenters. The second kappa shape index (κ2) is 13.2. The average Bonchev–Trinajstić information content (AvgIpc) is 3.51. The van der Waals surface area contributed by atoms with E-state index in [1.807, 2.05) is 23.1 Å². The Bertz CT molecular complexity index is 1300. The molecule has 2 aliphatic carbocycles. The maximum Gasteiger partial charge on any atom is 0.231 e. The summed E-state index contributed by atoms with van der Waals surface area (Å²) >= 11 is 0. The minimum Gasteiger partial charge on any atom is -0.496 e. The molecule has 5 rings (SSSR count). The fourth-order valence-corrected chi connectivity index (χ4v) is 6.94. The summed E-state index contributed by atoms with van der Waals surface area (Å²) in [6.45, 7) is 9.42. The molecule has 2 saturated carbocycles. The minimum absolute atomic E-state index is 0.102. The molecular weight excluding hydrogens is 508 g/mol. The van der Waals surface area contributed by atoms with Crippen LogP contribution in [0.2, 0.25) is 0 Å². The van der Waals surface area contributed by atoms with Crippen molar-refractivity contribution < 1.29 is 9.53 Å². The molecule has 0 N–H and O–H groups in total. The second-order valence-corrected chi connectivity index (χ2v) is 12.7. The standard InChI is InChI=1S/C35H48N4O2/c1-6-26-7-13-29(14-8-26)35(40)38(34-20-31(17-18-36-34)32-21-37-39(23-32)24(2)3)22-27-9-11-28(12-10-27)30-15-16-33(41-5)25(4)19-30/h15-21,23-24,26-29H,6-14,22H2,1-5H3. The fourth-order valence-electron chi connectivity index (χ4n) is 6.94. The molecule has 0 saturated heterocycles. The number of aromatic nitrogens is 3. The smallest absolute Gasteiger partial charge is 0.231 e. The van der Waals surface area contributed by atoms with Crippen molar-refractivity contribution in [2.24, 2.45) is 17.8 Å². The summed E-state index contributed by atoms with van der Waals surface area (Å²) in [5, 5.41) is 4.54. The molecule has 41 heavy (non-hydrogen) atoms. The lowest BCUT2D eigenvalue weighted by Crippen LogP contribution is -2.42. The second-order valence-electron chi connectivity index (χ2n) is 12.7. The average molecular weight is 557 g/mol. The third-order valence-corrected chi connectivity index (χ3v) is 9.70. The van der Waals surface area contributed by atoms with Gasteiger partial charge in [-0.05, 0) is 125 Å². The Morgan fingerprint density at radius 2 is 1.73 bits per heavy atom. The van der Waals surface area contributed by atoms with Crippen LogP contribution in [0.25, 0.3) is 11.1 Å². The molecule has 2 aliphatic rings. The molecule has 6 heteroatoms. The number of hydrogen-bond donors (Lipinski definition) is 0. The van der Waals surface area contributed by atoms with E-state index < -0.39 is 0 Å². The quantitative estimate of drug-likeness (QED) is 0.266. The normalized spacial score (nSPS) is 23.0. The van der Waals surface area contributed by atoms with E-state index in [9.17, 15) is 4.79 Å². The molecule has 1 aromatic carbocycles. The Hall–Kier alpha value is -3.15. The Morgan fingerprint density at radius 3 is 2.37 bits per heavy atom. The van der Waals surface area contributed by atoms with Gasteiger partial charge in [-0.1, -0.05) is 25.5 Å². The first kappa shape index (κ1) is 29.3. The van der Waals surface area contributed by atoms with Gasteiger partial charge in [-0.3, -0.25) is 14.4 Å². The Labute approximate surface area is 246 Å². The lowest BCUT2D eigenvalue weighted by atomic mass is 9.77. The predicted molar refractivity (Wildman–Crippen MR) is 166 cm³/mol. The number of ether oxygens (including phenoxy) is 1. The van der Waals surface area contributed by atoms with Crippen molar-refractivity contribution in [2.75, 3.05) is 18.6 Å². The Balaban J connectivity index is 1.33. The number of carbonyl (C=O) groups excluding carboxylic acids is 1. The first-order chi connectivity index (χ1) is 19.9. The maximum atomic E-state index is 14.1. The van der Waals surface area contributed by atoms with Crippen LogP contribution in [0.4, 0.5) is 5.82 Å². The highest BCUT2D eigenvalue weighted by atomic mass is 16.5. The van der Waals surface area contributed by atoms with Crippen LogP contribution in [0, 0.1) is 24.7 Å². The van der Waals surface area contributed by atoms with Gasteiger partial charge in [0.25, 0.3) is 0 Å². The topological polar surface area (TPSA) is 60.3 Å². The van der Waals surface area contributed by atoms with Crippen molar-refractivity contribution in [3.63, 3.8) is 0 Å². The van der Waals surface area contributed by atoms with Crippen LogP contribution < -0.4 is 9.64 Å². The van der Waals surface area contributed by atoms with Crippen molar-refractivity contribution in [1.82, 2.24) is 14.8 Å². The van der Waals surface area contributed by atoms with Gasteiger partial charge in [0.05, 0.1) is 13.3 Å². The van der Waals surface area contributed by atoms with Gasteiger partial charge in [0.15, 0.2) is 0 Å². The molecule has 2 heterocycles. The van der Waals surface area contributed by atoms with E-state index in [1.165, 1.54) is 17.5 Å². The molecular formula is C35H48N4O2. The van der Waals surface area contributed by atoms with Crippen LogP contribution in [-0.4, -0.2) is 34.3 Å². The number of carbonyl (C=O) groups is 1. The number of nitrogens with zero attached hydrogens (tertiary/aromatic N) is 4. The zero-order valence-corrected chi connectivity index (χ0v) is 25.7. The number of anilines is 1. The highest BCUT2D eigenvalue weighted by Gasteiger charge is 2.33. The molecule has 0 bridgehead atoms. The zero-order chi connectivity index (χ0) is 28.9. The number of amides is 1. The Morgan fingerprint density at radius 1 is 1.00 bits per heavy atom. The van der Waals surface area contributed by atoms with E-state index in [0.717, 1.165) is 86.5 Å². The number of aryl methyl sites for hydroxylation is 1. The lowest BCUT2D eigenvalue weighted by molar-refractivity contribution is -0.123. The number of pyridine rings is 1. The van der Waals surface area contributed by atoms with Crippen LogP contribution in [0.1, 0.15) is 102 Å². The summed E-state index contributed by atoms with van der Waals surface area (Å²) in [7, 11) is 1.73. The van der Waals surface area contributed by atoms with Crippen molar-refractivity contribution in [3.05, 3.63) is 60.0 Å². The summed E-state index contributed by atoms with van der Waals surface area (Å²) in [5.74, 6) is 3.94. The van der Waals surface area contributed by atoms with Crippen molar-refractivity contribution in [2.45, 2.75) is 97.4 Å². The van der Waals surface area contributed by atoms with Crippen molar-refractivity contribution in [1.29, 1.82) is 0 Å². The van der Waals surface area contributed by atoms with Gasteiger partial charge in [0, 0.05) is 36.5 Å². The molecule has 2 aromatic heterocycles. The molecule has 0 atom stereocenters. The van der Waals surface area contributed by atoms with Gasteiger partial charge in [-0.2, -0.15) is 5.10 Å². The van der Waals surface area contributed by atoms with Crippen LogP contribution >= 0.6 is 0 Å². The van der Waals surface area contributed by atoms with E-state index >= 15 is 0 Å². The number of methoxy groups -OCH3 is 1. The number of benzene rings is 1. The maximum absolute atomic E-state index is 14.1. The Kier molecular flexibility index (Phi) is 9.46. The van der Waals surface area contributed by atoms with Gasteiger partial charge in [-0.25, -0.2) is 4.98 Å². The van der Waals surface area contributed by atoms with Crippen LogP contribution in [0.15, 0.2) is 48.9 Å². The SMILES string of the molecule is CCC1CCC(C(=O)N(CC2CCC(c3ccc(OC)c(C)c3)CC2)c2cc(-c3cnn(C(C)C)c3)ccn2)CC1. The largest absolute Gasteiger partial charge is 0.496 e. The molecule has 220 valence electrons. The zero-order valence-electron chi connectivity index (χ0n) is 25.7. The number of rotatable bonds is 9.